The number of nitro benzene ring substituents is 1. The fourth-order valence-electron chi connectivity index (χ4n) is 2.30. The Morgan fingerprint density at radius 1 is 1.25 bits per heavy atom. The van der Waals surface area contributed by atoms with E-state index in [4.69, 9.17) is 0 Å². The second-order valence-electron chi connectivity index (χ2n) is 4.92. The molecule has 1 aromatic carbocycles. The van der Waals surface area contributed by atoms with E-state index in [0.29, 0.717) is 12.0 Å². The van der Waals surface area contributed by atoms with Gasteiger partial charge in [0.2, 0.25) is 0 Å². The Morgan fingerprint density at radius 3 is 2.70 bits per heavy atom. The molecule has 1 saturated heterocycles. The quantitative estimate of drug-likeness (QED) is 0.501. The Kier molecular flexibility index (Phi) is 5.20. The van der Waals surface area contributed by atoms with Gasteiger partial charge >= 0.3 is 0 Å². The zero-order chi connectivity index (χ0) is 14.4. The lowest BCUT2D eigenvalue weighted by molar-refractivity contribution is -0.384. The second-order valence-corrected chi connectivity index (χ2v) is 4.92. The normalized spacial score (nSPS) is 16.6. The van der Waals surface area contributed by atoms with E-state index in [9.17, 15) is 14.9 Å². The molecule has 0 spiro atoms. The van der Waals surface area contributed by atoms with Crippen LogP contribution in [0, 0.1) is 10.1 Å². The first kappa shape index (κ1) is 14.6. The van der Waals surface area contributed by atoms with Crippen LogP contribution in [0.2, 0.25) is 0 Å². The van der Waals surface area contributed by atoms with Crippen molar-refractivity contribution in [2.45, 2.75) is 12.8 Å². The fraction of sp³-hybridized carbons (Fsp3) is 0.500. The molecule has 0 radical (unpaired) electrons. The Labute approximate surface area is 117 Å². The van der Waals surface area contributed by atoms with Crippen molar-refractivity contribution in [1.82, 2.24) is 10.2 Å². The Morgan fingerprint density at radius 2 is 2.00 bits per heavy atom. The highest BCUT2D eigenvalue weighted by Gasteiger charge is 2.13. The van der Waals surface area contributed by atoms with E-state index >= 15 is 0 Å². The standard InChI is InChI=1S/C14H19N3O3/c18-14(6-10-16-9-1-7-15-8-11-16)12-2-4-13(5-3-12)17(19)20/h2-5,15H,1,6-11H2. The zero-order valence-electron chi connectivity index (χ0n) is 11.4. The summed E-state index contributed by atoms with van der Waals surface area (Å²) in [5.74, 6) is 0.0390. The van der Waals surface area contributed by atoms with Crippen molar-refractivity contribution in [1.29, 1.82) is 0 Å². The summed E-state index contributed by atoms with van der Waals surface area (Å²) in [6, 6.07) is 5.82. The Balaban J connectivity index is 1.86. The number of nitro groups is 1. The first-order valence-corrected chi connectivity index (χ1v) is 6.87. The molecule has 0 atom stereocenters. The molecule has 0 saturated carbocycles. The lowest BCUT2D eigenvalue weighted by Crippen LogP contribution is -2.30. The van der Waals surface area contributed by atoms with Gasteiger partial charge in [-0.1, -0.05) is 0 Å². The van der Waals surface area contributed by atoms with E-state index < -0.39 is 4.92 Å². The molecule has 6 heteroatoms. The molecule has 1 aromatic rings. The van der Waals surface area contributed by atoms with Crippen molar-refractivity contribution in [2.75, 3.05) is 32.7 Å². The minimum absolute atomic E-state index is 0.0140. The van der Waals surface area contributed by atoms with Gasteiger partial charge in [-0.25, -0.2) is 0 Å². The highest BCUT2D eigenvalue weighted by atomic mass is 16.6. The predicted octanol–water partition coefficient (Wildman–Crippen LogP) is 1.46. The van der Waals surface area contributed by atoms with E-state index in [-0.39, 0.29) is 11.5 Å². The molecular weight excluding hydrogens is 258 g/mol. The van der Waals surface area contributed by atoms with Crippen molar-refractivity contribution in [3.05, 3.63) is 39.9 Å². The average Bonchev–Trinajstić information content (AvgIpc) is 2.73. The topological polar surface area (TPSA) is 75.5 Å². The second kappa shape index (κ2) is 7.12. The van der Waals surface area contributed by atoms with Crippen LogP contribution in [-0.4, -0.2) is 48.3 Å². The van der Waals surface area contributed by atoms with Gasteiger partial charge in [0.15, 0.2) is 5.78 Å². The molecule has 0 aliphatic carbocycles. The van der Waals surface area contributed by atoms with Crippen molar-refractivity contribution in [3.63, 3.8) is 0 Å². The van der Waals surface area contributed by atoms with Crippen LogP contribution in [0.3, 0.4) is 0 Å². The van der Waals surface area contributed by atoms with Crippen LogP contribution >= 0.6 is 0 Å². The molecule has 1 heterocycles. The minimum Gasteiger partial charge on any atom is -0.315 e. The molecule has 2 rings (SSSR count). The maximum atomic E-state index is 12.0. The first-order valence-electron chi connectivity index (χ1n) is 6.87. The molecule has 1 aliphatic rings. The number of nitrogens with zero attached hydrogens (tertiary/aromatic N) is 2. The average molecular weight is 277 g/mol. The smallest absolute Gasteiger partial charge is 0.269 e. The summed E-state index contributed by atoms with van der Waals surface area (Å²) in [5.41, 5.74) is 0.559. The van der Waals surface area contributed by atoms with Gasteiger partial charge < -0.3 is 10.2 Å². The van der Waals surface area contributed by atoms with E-state index in [1.165, 1.54) is 24.3 Å². The first-order chi connectivity index (χ1) is 9.66. The number of rotatable bonds is 5. The largest absolute Gasteiger partial charge is 0.315 e. The van der Waals surface area contributed by atoms with Crippen LogP contribution in [0.1, 0.15) is 23.2 Å². The van der Waals surface area contributed by atoms with Gasteiger partial charge in [0.25, 0.3) is 5.69 Å². The van der Waals surface area contributed by atoms with Crippen LogP contribution in [0.25, 0.3) is 0 Å². The number of hydrogen-bond acceptors (Lipinski definition) is 5. The van der Waals surface area contributed by atoms with Gasteiger partial charge in [0, 0.05) is 43.8 Å². The Hall–Kier alpha value is -1.79. The van der Waals surface area contributed by atoms with Crippen LogP contribution in [-0.2, 0) is 0 Å². The van der Waals surface area contributed by atoms with Gasteiger partial charge in [0.1, 0.15) is 0 Å². The number of benzene rings is 1. The van der Waals surface area contributed by atoms with Gasteiger partial charge in [-0.15, -0.1) is 0 Å². The summed E-state index contributed by atoms with van der Waals surface area (Å²) in [4.78, 5) is 24.4. The third-order valence-corrected chi connectivity index (χ3v) is 3.49. The fourth-order valence-corrected chi connectivity index (χ4v) is 2.30. The van der Waals surface area contributed by atoms with Crippen molar-refractivity contribution >= 4 is 11.5 Å². The molecule has 0 amide bonds. The van der Waals surface area contributed by atoms with Crippen LogP contribution < -0.4 is 5.32 Å². The molecule has 0 bridgehead atoms. The monoisotopic (exact) mass is 277 g/mol. The maximum Gasteiger partial charge on any atom is 0.269 e. The van der Waals surface area contributed by atoms with Gasteiger partial charge in [0.05, 0.1) is 4.92 Å². The van der Waals surface area contributed by atoms with Gasteiger partial charge in [-0.05, 0) is 31.6 Å². The van der Waals surface area contributed by atoms with E-state index in [2.05, 4.69) is 10.2 Å². The van der Waals surface area contributed by atoms with Crippen LogP contribution in [0.4, 0.5) is 5.69 Å². The molecule has 108 valence electrons. The minimum atomic E-state index is -0.460. The number of Topliss-reactive ketones (excluding diaryl/α,β-unsaturated/α-hetero) is 1. The number of non-ortho nitro benzene ring substituents is 1. The summed E-state index contributed by atoms with van der Waals surface area (Å²) in [6.07, 6.45) is 1.56. The number of carbonyl (C=O) groups is 1. The number of ketones is 1. The highest BCUT2D eigenvalue weighted by molar-refractivity contribution is 5.96. The van der Waals surface area contributed by atoms with Gasteiger partial charge in [-0.3, -0.25) is 14.9 Å². The molecule has 0 aromatic heterocycles. The van der Waals surface area contributed by atoms with Crippen LogP contribution in [0.5, 0.6) is 0 Å². The lowest BCUT2D eigenvalue weighted by Gasteiger charge is -2.18. The van der Waals surface area contributed by atoms with Crippen LogP contribution in [0.15, 0.2) is 24.3 Å². The molecule has 1 aliphatic heterocycles. The van der Waals surface area contributed by atoms with Gasteiger partial charge in [-0.2, -0.15) is 0 Å². The summed E-state index contributed by atoms with van der Waals surface area (Å²) in [7, 11) is 0. The summed E-state index contributed by atoms with van der Waals surface area (Å²) < 4.78 is 0. The summed E-state index contributed by atoms with van der Waals surface area (Å²) >= 11 is 0. The maximum absolute atomic E-state index is 12.0. The third kappa shape index (κ3) is 4.11. The molecule has 6 nitrogen and oxygen atoms in total. The number of hydrogen-bond donors (Lipinski definition) is 1. The summed E-state index contributed by atoms with van der Waals surface area (Å²) in [5, 5.41) is 13.9. The zero-order valence-corrected chi connectivity index (χ0v) is 11.4. The molecule has 1 fully saturated rings. The molecule has 1 N–H and O–H groups in total. The Bertz CT molecular complexity index is 465. The molecule has 20 heavy (non-hydrogen) atoms. The molecular formula is C14H19N3O3. The van der Waals surface area contributed by atoms with E-state index in [0.717, 1.165) is 39.1 Å². The third-order valence-electron chi connectivity index (χ3n) is 3.49. The highest BCUT2D eigenvalue weighted by Crippen LogP contribution is 2.13. The SMILES string of the molecule is O=C(CCN1CCCNCC1)c1ccc([N+](=O)[O-])cc1. The van der Waals surface area contributed by atoms with Crippen molar-refractivity contribution in [3.8, 4) is 0 Å². The summed E-state index contributed by atoms with van der Waals surface area (Å²) in [6.45, 7) is 4.73. The number of nitrogens with one attached hydrogen (secondary N) is 1. The van der Waals surface area contributed by atoms with Crippen molar-refractivity contribution in [2.24, 2.45) is 0 Å². The van der Waals surface area contributed by atoms with E-state index in [1.54, 1.807) is 0 Å². The predicted molar refractivity (Wildman–Crippen MR) is 76.0 cm³/mol. The van der Waals surface area contributed by atoms with Crippen molar-refractivity contribution < 1.29 is 9.72 Å². The lowest BCUT2D eigenvalue weighted by atomic mass is 10.1. The molecule has 0 unspecified atom stereocenters. The number of carbonyl (C=O) groups excluding carboxylic acids is 1. The van der Waals surface area contributed by atoms with E-state index in [1.807, 2.05) is 0 Å².